The maximum Gasteiger partial charge on any atom is 0.0881 e. The molecule has 0 aliphatic heterocycles. The maximum atomic E-state index is 10.5. The predicted octanol–water partition coefficient (Wildman–Crippen LogP) is 3.70. The molecule has 0 aliphatic rings. The smallest absolute Gasteiger partial charge is 0.0881 e. The number of hydrogen-bond acceptors (Lipinski definition) is 1. The van der Waals surface area contributed by atoms with Crippen LogP contribution in [0.2, 0.25) is 0 Å². The third kappa shape index (κ3) is 2.40. The normalized spacial score (nSPS) is 13.4. The minimum Gasteiger partial charge on any atom is -0.388 e. The highest BCUT2D eigenvalue weighted by molar-refractivity contribution is 5.30. The average molecular weight is 226 g/mol. The molecular weight excluding hydrogens is 208 g/mol. The van der Waals surface area contributed by atoms with Gasteiger partial charge in [0, 0.05) is 5.41 Å². The summed E-state index contributed by atoms with van der Waals surface area (Å²) < 4.78 is 0. The van der Waals surface area contributed by atoms with Crippen LogP contribution in [0.4, 0.5) is 0 Å². The van der Waals surface area contributed by atoms with Gasteiger partial charge in [-0.2, -0.15) is 0 Å². The molecule has 0 fully saturated rings. The van der Waals surface area contributed by atoms with Crippen LogP contribution in [0, 0.1) is 0 Å². The first-order valence-electron chi connectivity index (χ1n) is 5.91. The monoisotopic (exact) mass is 226 g/mol. The molecule has 0 radical (unpaired) electrons. The second-order valence-electron chi connectivity index (χ2n) is 4.90. The minimum atomic E-state index is -0.494. The zero-order valence-electron chi connectivity index (χ0n) is 10.3. The molecule has 2 rings (SSSR count). The van der Waals surface area contributed by atoms with Gasteiger partial charge in [0.1, 0.15) is 0 Å². The molecule has 2 aromatic rings. The van der Waals surface area contributed by atoms with E-state index < -0.39 is 6.10 Å². The van der Waals surface area contributed by atoms with Crippen molar-refractivity contribution in [3.05, 3.63) is 71.8 Å². The van der Waals surface area contributed by atoms with Crippen LogP contribution in [0.3, 0.4) is 0 Å². The van der Waals surface area contributed by atoms with Crippen molar-refractivity contribution < 1.29 is 5.11 Å². The molecule has 1 nitrogen and oxygen atoms in total. The van der Waals surface area contributed by atoms with Crippen LogP contribution < -0.4 is 0 Å². The summed E-state index contributed by atoms with van der Waals surface area (Å²) in [4.78, 5) is 0. The van der Waals surface area contributed by atoms with E-state index in [1.807, 2.05) is 48.5 Å². The molecule has 0 saturated carbocycles. The first-order valence-corrected chi connectivity index (χ1v) is 5.91. The van der Waals surface area contributed by atoms with Crippen LogP contribution in [-0.4, -0.2) is 5.11 Å². The molecule has 0 bridgehead atoms. The van der Waals surface area contributed by atoms with Crippen molar-refractivity contribution in [1.82, 2.24) is 0 Å². The van der Waals surface area contributed by atoms with Crippen molar-refractivity contribution in [2.24, 2.45) is 0 Å². The first-order chi connectivity index (χ1) is 8.12. The Hall–Kier alpha value is -1.60. The van der Waals surface area contributed by atoms with Gasteiger partial charge in [-0.3, -0.25) is 0 Å². The standard InChI is InChI=1S/C16H18O/c1-16(2,14-11-7-4-8-12-14)15(17)13-9-5-3-6-10-13/h3-12,15,17H,1-2H3. The molecule has 0 aromatic heterocycles. The van der Waals surface area contributed by atoms with E-state index in [9.17, 15) is 5.11 Å². The fourth-order valence-electron chi connectivity index (χ4n) is 2.08. The summed E-state index contributed by atoms with van der Waals surface area (Å²) >= 11 is 0. The molecule has 17 heavy (non-hydrogen) atoms. The second kappa shape index (κ2) is 4.72. The SMILES string of the molecule is CC(C)(c1ccccc1)C(O)c1ccccc1. The quantitative estimate of drug-likeness (QED) is 0.846. The zero-order valence-corrected chi connectivity index (χ0v) is 10.3. The Labute approximate surface area is 103 Å². The molecule has 0 amide bonds. The Morgan fingerprint density at radius 1 is 0.824 bits per heavy atom. The van der Waals surface area contributed by atoms with Gasteiger partial charge in [0.05, 0.1) is 6.10 Å². The van der Waals surface area contributed by atoms with Crippen molar-refractivity contribution in [3.8, 4) is 0 Å². The summed E-state index contributed by atoms with van der Waals surface area (Å²) in [7, 11) is 0. The van der Waals surface area contributed by atoms with Gasteiger partial charge in [0.15, 0.2) is 0 Å². The predicted molar refractivity (Wildman–Crippen MR) is 70.9 cm³/mol. The Kier molecular flexibility index (Phi) is 3.30. The van der Waals surface area contributed by atoms with E-state index in [-0.39, 0.29) is 5.41 Å². The molecule has 1 heteroatoms. The molecule has 88 valence electrons. The van der Waals surface area contributed by atoms with Gasteiger partial charge in [-0.25, -0.2) is 0 Å². The average Bonchev–Trinajstić information content (AvgIpc) is 2.40. The summed E-state index contributed by atoms with van der Waals surface area (Å²) in [6.07, 6.45) is -0.494. The van der Waals surface area contributed by atoms with Crippen LogP contribution >= 0.6 is 0 Å². The van der Waals surface area contributed by atoms with Crippen molar-refractivity contribution in [1.29, 1.82) is 0 Å². The van der Waals surface area contributed by atoms with E-state index in [2.05, 4.69) is 26.0 Å². The molecule has 1 unspecified atom stereocenters. The fourth-order valence-corrected chi connectivity index (χ4v) is 2.08. The van der Waals surface area contributed by atoms with Crippen molar-refractivity contribution in [2.45, 2.75) is 25.4 Å². The third-order valence-corrected chi connectivity index (χ3v) is 3.32. The van der Waals surface area contributed by atoms with E-state index in [1.54, 1.807) is 0 Å². The largest absolute Gasteiger partial charge is 0.388 e. The lowest BCUT2D eigenvalue weighted by Gasteiger charge is -2.31. The lowest BCUT2D eigenvalue weighted by atomic mass is 9.77. The molecule has 0 saturated heterocycles. The highest BCUT2D eigenvalue weighted by atomic mass is 16.3. The lowest BCUT2D eigenvalue weighted by molar-refractivity contribution is 0.100. The van der Waals surface area contributed by atoms with Gasteiger partial charge in [-0.15, -0.1) is 0 Å². The maximum absolute atomic E-state index is 10.5. The summed E-state index contributed by atoms with van der Waals surface area (Å²) in [5.74, 6) is 0. The fraction of sp³-hybridized carbons (Fsp3) is 0.250. The van der Waals surface area contributed by atoms with E-state index in [4.69, 9.17) is 0 Å². The van der Waals surface area contributed by atoms with Gasteiger partial charge < -0.3 is 5.11 Å². The second-order valence-corrected chi connectivity index (χ2v) is 4.90. The van der Waals surface area contributed by atoms with Gasteiger partial charge >= 0.3 is 0 Å². The van der Waals surface area contributed by atoms with Gasteiger partial charge in [-0.05, 0) is 11.1 Å². The molecule has 0 spiro atoms. The Morgan fingerprint density at radius 3 is 1.82 bits per heavy atom. The van der Waals surface area contributed by atoms with Crippen LogP contribution in [-0.2, 0) is 5.41 Å². The van der Waals surface area contributed by atoms with Crippen molar-refractivity contribution in [3.63, 3.8) is 0 Å². The molecule has 1 atom stereocenters. The molecule has 2 aromatic carbocycles. The number of hydrogen-bond donors (Lipinski definition) is 1. The van der Waals surface area contributed by atoms with Gasteiger partial charge in [-0.1, -0.05) is 74.5 Å². The van der Waals surface area contributed by atoms with Crippen molar-refractivity contribution in [2.75, 3.05) is 0 Å². The highest BCUT2D eigenvalue weighted by Crippen LogP contribution is 2.36. The van der Waals surface area contributed by atoms with Gasteiger partial charge in [0.25, 0.3) is 0 Å². The van der Waals surface area contributed by atoms with E-state index in [1.165, 1.54) is 0 Å². The Balaban J connectivity index is 2.33. The summed E-state index contributed by atoms with van der Waals surface area (Å²) in [6.45, 7) is 4.14. The zero-order chi connectivity index (χ0) is 12.3. The summed E-state index contributed by atoms with van der Waals surface area (Å²) in [6, 6.07) is 20.0. The van der Waals surface area contributed by atoms with Crippen LogP contribution in [0.1, 0.15) is 31.1 Å². The highest BCUT2D eigenvalue weighted by Gasteiger charge is 2.30. The minimum absolute atomic E-state index is 0.289. The molecular formula is C16H18O. The molecule has 0 heterocycles. The summed E-state index contributed by atoms with van der Waals surface area (Å²) in [5.41, 5.74) is 1.82. The van der Waals surface area contributed by atoms with Gasteiger partial charge in [0.2, 0.25) is 0 Å². The number of rotatable bonds is 3. The number of aliphatic hydroxyl groups excluding tert-OH is 1. The van der Waals surface area contributed by atoms with E-state index in [0.717, 1.165) is 11.1 Å². The van der Waals surface area contributed by atoms with E-state index in [0.29, 0.717) is 0 Å². The number of aliphatic hydroxyl groups is 1. The number of benzene rings is 2. The van der Waals surface area contributed by atoms with Crippen LogP contribution in [0.25, 0.3) is 0 Å². The van der Waals surface area contributed by atoms with E-state index >= 15 is 0 Å². The lowest BCUT2D eigenvalue weighted by Crippen LogP contribution is -2.26. The molecule has 1 N–H and O–H groups in total. The van der Waals surface area contributed by atoms with Crippen LogP contribution in [0.5, 0.6) is 0 Å². The Bertz CT molecular complexity index is 459. The van der Waals surface area contributed by atoms with Crippen LogP contribution in [0.15, 0.2) is 60.7 Å². The summed E-state index contributed by atoms with van der Waals surface area (Å²) in [5, 5.41) is 10.5. The Morgan fingerprint density at radius 2 is 1.29 bits per heavy atom. The first kappa shape index (κ1) is 11.9. The van der Waals surface area contributed by atoms with Crippen molar-refractivity contribution >= 4 is 0 Å². The molecule has 0 aliphatic carbocycles. The third-order valence-electron chi connectivity index (χ3n) is 3.32. The topological polar surface area (TPSA) is 20.2 Å².